The van der Waals surface area contributed by atoms with Gasteiger partial charge in [-0.3, -0.25) is 0 Å². The van der Waals surface area contributed by atoms with Crippen LogP contribution in [0.3, 0.4) is 0 Å². The number of nitrogens with zero attached hydrogens (tertiary/aromatic N) is 1. The van der Waals surface area contributed by atoms with Crippen LogP contribution in [0.25, 0.3) is 0 Å². The minimum Gasteiger partial charge on any atom is -0.405 e. The van der Waals surface area contributed by atoms with Crippen molar-refractivity contribution in [2.75, 3.05) is 6.54 Å². The molecule has 0 heterocycles. The first kappa shape index (κ1) is 6.34. The maximum atomic E-state index is 4.97. The molecule has 0 atom stereocenters. The molecular formula is C4H6N2S. The lowest BCUT2D eigenvalue weighted by Gasteiger charge is -1.70. The zero-order chi connectivity index (χ0) is 5.54. The summed E-state index contributed by atoms with van der Waals surface area (Å²) in [5.41, 5.74) is 4.97. The maximum absolute atomic E-state index is 4.97. The lowest BCUT2D eigenvalue weighted by Crippen LogP contribution is -1.77. The van der Waals surface area contributed by atoms with Gasteiger partial charge in [-0.05, 0) is 24.5 Å². The molecule has 0 aliphatic heterocycles. The molecule has 0 radical (unpaired) electrons. The normalized spacial score (nSPS) is 8.57. The van der Waals surface area contributed by atoms with Crippen LogP contribution in [-0.2, 0) is 0 Å². The molecule has 3 heteroatoms. The van der Waals surface area contributed by atoms with Crippen LogP contribution in [0, 0.1) is 0 Å². The average Bonchev–Trinajstić information content (AvgIpc) is 1.69. The number of rotatable bonds is 2. The molecule has 7 heavy (non-hydrogen) atoms. The molecule has 0 rings (SSSR count). The van der Waals surface area contributed by atoms with Gasteiger partial charge in [0.25, 0.3) is 0 Å². The molecule has 2 nitrogen and oxygen atoms in total. The predicted octanol–water partition coefficient (Wildman–Crippen LogP) is 0.562. The fraction of sp³-hybridized carbons (Fsp3) is 0.250. The summed E-state index contributed by atoms with van der Waals surface area (Å²) in [4.78, 5) is 3.56. The van der Waals surface area contributed by atoms with Crippen molar-refractivity contribution < 1.29 is 0 Å². The van der Waals surface area contributed by atoms with E-state index >= 15 is 0 Å². The maximum Gasteiger partial charge on any atom is 0.0690 e. The average molecular weight is 114 g/mol. The van der Waals surface area contributed by atoms with E-state index in [-0.39, 0.29) is 0 Å². The van der Waals surface area contributed by atoms with Gasteiger partial charge in [0.05, 0.1) is 11.7 Å². The van der Waals surface area contributed by atoms with Crippen molar-refractivity contribution in [3.63, 3.8) is 0 Å². The van der Waals surface area contributed by atoms with E-state index < -0.39 is 0 Å². The Morgan fingerprint density at radius 1 is 1.86 bits per heavy atom. The molecule has 0 unspecified atom stereocenters. The molecule has 0 aliphatic rings. The summed E-state index contributed by atoms with van der Waals surface area (Å²) in [7, 11) is 0. The first-order valence-corrected chi connectivity index (χ1v) is 2.23. The van der Waals surface area contributed by atoms with Gasteiger partial charge in [-0.2, -0.15) is 0 Å². The van der Waals surface area contributed by atoms with Gasteiger partial charge in [0, 0.05) is 0 Å². The highest BCUT2D eigenvalue weighted by molar-refractivity contribution is 7.78. The van der Waals surface area contributed by atoms with Crippen LogP contribution in [0.1, 0.15) is 0 Å². The first-order valence-electron chi connectivity index (χ1n) is 1.82. The van der Waals surface area contributed by atoms with Gasteiger partial charge < -0.3 is 5.73 Å². The Balaban J connectivity index is 3.15. The molecule has 0 bridgehead atoms. The number of nitrogens with two attached hydrogens (primary N) is 1. The van der Waals surface area contributed by atoms with Gasteiger partial charge in [-0.1, -0.05) is 0 Å². The van der Waals surface area contributed by atoms with E-state index in [0.717, 1.165) is 0 Å². The minimum absolute atomic E-state index is 0.542. The quantitative estimate of drug-likeness (QED) is 0.421. The van der Waals surface area contributed by atoms with E-state index in [0.29, 0.717) is 6.54 Å². The molecule has 0 aromatic heterocycles. The van der Waals surface area contributed by atoms with E-state index in [9.17, 15) is 0 Å². The fourth-order valence-electron chi connectivity index (χ4n) is 0.151. The van der Waals surface area contributed by atoms with Gasteiger partial charge in [0.15, 0.2) is 0 Å². The second kappa shape index (κ2) is 5.34. The topological polar surface area (TPSA) is 38.4 Å². The van der Waals surface area contributed by atoms with E-state index in [1.807, 2.05) is 0 Å². The van der Waals surface area contributed by atoms with Gasteiger partial charge in [0.2, 0.25) is 0 Å². The number of hydrogen-bond acceptors (Lipinski definition) is 3. The SMILES string of the molecule is NC=CCN=C=S. The van der Waals surface area contributed by atoms with E-state index in [1.54, 1.807) is 6.08 Å². The van der Waals surface area contributed by atoms with Crippen molar-refractivity contribution in [2.45, 2.75) is 0 Å². The Labute approximate surface area is 47.7 Å². The molecule has 0 amide bonds. The Morgan fingerprint density at radius 3 is 3.00 bits per heavy atom. The molecular weight excluding hydrogens is 108 g/mol. The zero-order valence-corrected chi connectivity index (χ0v) is 4.61. The van der Waals surface area contributed by atoms with Crippen LogP contribution in [0.4, 0.5) is 0 Å². The summed E-state index contributed by atoms with van der Waals surface area (Å²) in [6, 6.07) is 0. The minimum atomic E-state index is 0.542. The molecule has 0 spiro atoms. The zero-order valence-electron chi connectivity index (χ0n) is 3.79. The van der Waals surface area contributed by atoms with Crippen molar-refractivity contribution in [3.05, 3.63) is 12.3 Å². The van der Waals surface area contributed by atoms with E-state index in [2.05, 4.69) is 22.4 Å². The third-order valence-electron chi connectivity index (χ3n) is 0.397. The third-order valence-corrected chi connectivity index (χ3v) is 0.526. The highest BCUT2D eigenvalue weighted by atomic mass is 32.1. The number of hydrogen-bond donors (Lipinski definition) is 1. The second-order valence-corrected chi connectivity index (χ2v) is 1.04. The fourth-order valence-corrected chi connectivity index (χ4v) is 0.225. The van der Waals surface area contributed by atoms with Crippen molar-refractivity contribution in [2.24, 2.45) is 10.7 Å². The van der Waals surface area contributed by atoms with Gasteiger partial charge >= 0.3 is 0 Å². The predicted molar refractivity (Wildman–Crippen MR) is 33.2 cm³/mol. The van der Waals surface area contributed by atoms with E-state index in [4.69, 9.17) is 5.73 Å². The highest BCUT2D eigenvalue weighted by Crippen LogP contribution is 1.65. The van der Waals surface area contributed by atoms with Crippen LogP contribution in [-0.4, -0.2) is 11.7 Å². The number of thiocarbonyl (C=S) groups is 1. The monoisotopic (exact) mass is 114 g/mol. The third kappa shape index (κ3) is 5.34. The molecule has 0 aromatic carbocycles. The van der Waals surface area contributed by atoms with Gasteiger partial charge in [-0.15, -0.1) is 0 Å². The van der Waals surface area contributed by atoms with Crippen molar-refractivity contribution in [1.29, 1.82) is 0 Å². The largest absolute Gasteiger partial charge is 0.405 e. The summed E-state index contributed by atoms with van der Waals surface area (Å²) >= 11 is 4.27. The van der Waals surface area contributed by atoms with Crippen LogP contribution < -0.4 is 5.73 Å². The Bertz CT molecular complexity index is 102. The summed E-state index contributed by atoms with van der Waals surface area (Å²) in [6.45, 7) is 0.542. The summed E-state index contributed by atoms with van der Waals surface area (Å²) in [5.74, 6) is 0. The number of isothiocyanates is 1. The highest BCUT2D eigenvalue weighted by Gasteiger charge is 1.61. The molecule has 0 aliphatic carbocycles. The molecule has 2 N–H and O–H groups in total. The van der Waals surface area contributed by atoms with Crippen LogP contribution in [0.5, 0.6) is 0 Å². The van der Waals surface area contributed by atoms with Crippen molar-refractivity contribution in [3.8, 4) is 0 Å². The van der Waals surface area contributed by atoms with Gasteiger partial charge in [0.1, 0.15) is 0 Å². The van der Waals surface area contributed by atoms with Crippen molar-refractivity contribution in [1.82, 2.24) is 0 Å². The first-order chi connectivity index (χ1) is 3.41. The van der Waals surface area contributed by atoms with Crippen LogP contribution in [0.2, 0.25) is 0 Å². The summed E-state index contributed by atoms with van der Waals surface area (Å²) in [6.07, 6.45) is 3.12. The van der Waals surface area contributed by atoms with Crippen LogP contribution >= 0.6 is 12.2 Å². The smallest absolute Gasteiger partial charge is 0.0690 e. The lowest BCUT2D eigenvalue weighted by atomic mass is 10.6. The van der Waals surface area contributed by atoms with Crippen molar-refractivity contribution >= 4 is 17.4 Å². The van der Waals surface area contributed by atoms with E-state index in [1.165, 1.54) is 6.20 Å². The Kier molecular flexibility index (Phi) is 4.84. The standard InChI is InChI=1S/C4H6N2S/c5-2-1-3-6-4-7/h1-2H,3,5H2. The number of aliphatic imine (C=N–C) groups is 1. The summed E-state index contributed by atoms with van der Waals surface area (Å²) < 4.78 is 0. The molecule has 0 saturated heterocycles. The Morgan fingerprint density at radius 2 is 2.57 bits per heavy atom. The van der Waals surface area contributed by atoms with Crippen LogP contribution in [0.15, 0.2) is 17.3 Å². The lowest BCUT2D eigenvalue weighted by molar-refractivity contribution is 1.25. The molecule has 0 aromatic rings. The van der Waals surface area contributed by atoms with Gasteiger partial charge in [-0.25, -0.2) is 4.99 Å². The summed E-state index contributed by atoms with van der Waals surface area (Å²) in [5, 5.41) is 2.20. The second-order valence-electron chi connectivity index (χ2n) is 0.860. The molecule has 0 fully saturated rings. The Hall–Kier alpha value is -0.660. The molecule has 0 saturated carbocycles. The molecule has 38 valence electrons.